The van der Waals surface area contributed by atoms with Crippen LogP contribution in [0, 0.1) is 5.41 Å². The molecule has 14 heavy (non-hydrogen) atoms. The second-order valence-electron chi connectivity index (χ2n) is 4.27. The number of aliphatic hydroxyl groups excluding tert-OH is 1. The van der Waals surface area contributed by atoms with Crippen LogP contribution >= 0.6 is 0 Å². The minimum Gasteiger partial charge on any atom is -0.396 e. The van der Waals surface area contributed by atoms with Crippen molar-refractivity contribution in [1.82, 2.24) is 5.32 Å². The van der Waals surface area contributed by atoms with Gasteiger partial charge >= 0.3 is 0 Å². The largest absolute Gasteiger partial charge is 0.396 e. The minimum atomic E-state index is 0.138. The van der Waals surface area contributed by atoms with Gasteiger partial charge in [-0.15, -0.1) is 0 Å². The molecular weight excluding hydrogens is 178 g/mol. The van der Waals surface area contributed by atoms with Crippen LogP contribution in [0.1, 0.15) is 32.6 Å². The molecule has 0 amide bonds. The summed E-state index contributed by atoms with van der Waals surface area (Å²) in [5.41, 5.74) is 0.138. The van der Waals surface area contributed by atoms with E-state index in [1.54, 1.807) is 0 Å². The fraction of sp³-hybridized carbons (Fsp3) is 1.00. The van der Waals surface area contributed by atoms with E-state index >= 15 is 0 Å². The number of rotatable bonds is 6. The third-order valence-electron chi connectivity index (χ3n) is 3.12. The van der Waals surface area contributed by atoms with Gasteiger partial charge in [0.05, 0.1) is 0 Å². The van der Waals surface area contributed by atoms with Crippen molar-refractivity contribution in [2.24, 2.45) is 5.41 Å². The van der Waals surface area contributed by atoms with Crippen molar-refractivity contribution >= 4 is 0 Å². The lowest BCUT2D eigenvalue weighted by molar-refractivity contribution is 0.0365. The second kappa shape index (κ2) is 6.38. The first-order valence-corrected chi connectivity index (χ1v) is 5.72. The Morgan fingerprint density at radius 3 is 2.57 bits per heavy atom. The molecule has 1 aliphatic heterocycles. The molecule has 0 radical (unpaired) electrons. The number of ether oxygens (including phenoxy) is 1. The van der Waals surface area contributed by atoms with Crippen molar-refractivity contribution in [2.45, 2.75) is 32.6 Å². The molecular formula is C11H23NO2. The van der Waals surface area contributed by atoms with Gasteiger partial charge in [0.2, 0.25) is 0 Å². The fourth-order valence-corrected chi connectivity index (χ4v) is 1.98. The van der Waals surface area contributed by atoms with Crippen LogP contribution in [-0.2, 0) is 4.74 Å². The highest BCUT2D eigenvalue weighted by atomic mass is 16.5. The van der Waals surface area contributed by atoms with Crippen molar-refractivity contribution in [3.63, 3.8) is 0 Å². The molecule has 0 bridgehead atoms. The molecule has 2 N–H and O–H groups in total. The molecule has 1 fully saturated rings. The van der Waals surface area contributed by atoms with Gasteiger partial charge in [-0.1, -0.05) is 6.92 Å². The zero-order valence-electron chi connectivity index (χ0n) is 9.22. The third-order valence-corrected chi connectivity index (χ3v) is 3.12. The zero-order valence-corrected chi connectivity index (χ0v) is 9.22. The predicted molar refractivity (Wildman–Crippen MR) is 57.3 cm³/mol. The van der Waals surface area contributed by atoms with Crippen molar-refractivity contribution in [2.75, 3.05) is 32.9 Å². The topological polar surface area (TPSA) is 41.5 Å². The van der Waals surface area contributed by atoms with Gasteiger partial charge in [0.15, 0.2) is 0 Å². The van der Waals surface area contributed by atoms with Crippen molar-refractivity contribution in [3.8, 4) is 0 Å². The number of hydrogen-bond acceptors (Lipinski definition) is 3. The monoisotopic (exact) mass is 201 g/mol. The molecule has 0 aromatic rings. The van der Waals surface area contributed by atoms with Gasteiger partial charge < -0.3 is 15.2 Å². The summed E-state index contributed by atoms with van der Waals surface area (Å²) in [4.78, 5) is 0. The molecule has 84 valence electrons. The van der Waals surface area contributed by atoms with Gasteiger partial charge in [-0.2, -0.15) is 0 Å². The quantitative estimate of drug-likeness (QED) is 0.634. The van der Waals surface area contributed by atoms with Crippen LogP contribution in [-0.4, -0.2) is 38.0 Å². The summed E-state index contributed by atoms with van der Waals surface area (Å²) in [6.07, 6.45) is 4.25. The van der Waals surface area contributed by atoms with E-state index in [1.807, 2.05) is 0 Å². The van der Waals surface area contributed by atoms with E-state index in [2.05, 4.69) is 12.2 Å². The Bertz CT molecular complexity index is 144. The highest BCUT2D eigenvalue weighted by molar-refractivity contribution is 4.83. The molecule has 0 aromatic heterocycles. The summed E-state index contributed by atoms with van der Waals surface area (Å²) in [5.74, 6) is 0. The smallest absolute Gasteiger partial charge is 0.0489 e. The fourth-order valence-electron chi connectivity index (χ4n) is 1.98. The zero-order chi connectivity index (χ0) is 10.3. The average molecular weight is 201 g/mol. The molecule has 1 saturated heterocycles. The number of piperidine rings is 1. The Morgan fingerprint density at radius 2 is 2.00 bits per heavy atom. The van der Waals surface area contributed by atoms with Crippen LogP contribution in [0.3, 0.4) is 0 Å². The standard InChI is InChI=1S/C11H23NO2/c1-2-8-14-9-5-11(10-13)3-6-12-7-4-11/h12-13H,2-10H2,1H3. The van der Waals surface area contributed by atoms with E-state index in [9.17, 15) is 5.11 Å². The molecule has 3 nitrogen and oxygen atoms in total. The van der Waals surface area contributed by atoms with Gasteiger partial charge in [-0.05, 0) is 44.2 Å². The molecule has 1 aliphatic rings. The summed E-state index contributed by atoms with van der Waals surface area (Å²) in [7, 11) is 0. The summed E-state index contributed by atoms with van der Waals surface area (Å²) in [6.45, 7) is 6.15. The molecule has 0 atom stereocenters. The highest BCUT2D eigenvalue weighted by Gasteiger charge is 2.30. The number of nitrogens with one attached hydrogen (secondary N) is 1. The van der Waals surface area contributed by atoms with Gasteiger partial charge in [0, 0.05) is 19.8 Å². The maximum atomic E-state index is 9.41. The first-order valence-electron chi connectivity index (χ1n) is 5.72. The molecule has 0 unspecified atom stereocenters. The van der Waals surface area contributed by atoms with E-state index in [0.717, 1.165) is 52.0 Å². The SMILES string of the molecule is CCCOCCC1(CO)CCNCC1. The summed E-state index contributed by atoms with van der Waals surface area (Å²) in [5, 5.41) is 12.7. The minimum absolute atomic E-state index is 0.138. The maximum Gasteiger partial charge on any atom is 0.0489 e. The molecule has 0 aromatic carbocycles. The summed E-state index contributed by atoms with van der Waals surface area (Å²) in [6, 6.07) is 0. The Kier molecular flexibility index (Phi) is 5.45. The molecule has 1 rings (SSSR count). The first-order chi connectivity index (χ1) is 6.83. The normalized spacial score (nSPS) is 21.0. The van der Waals surface area contributed by atoms with Crippen LogP contribution in [0.4, 0.5) is 0 Å². The number of hydrogen-bond donors (Lipinski definition) is 2. The van der Waals surface area contributed by atoms with E-state index in [4.69, 9.17) is 4.74 Å². The molecule has 0 aliphatic carbocycles. The van der Waals surface area contributed by atoms with E-state index in [1.165, 1.54) is 0 Å². The van der Waals surface area contributed by atoms with Crippen molar-refractivity contribution in [3.05, 3.63) is 0 Å². The third kappa shape index (κ3) is 3.56. The van der Waals surface area contributed by atoms with Crippen LogP contribution < -0.4 is 5.32 Å². The van der Waals surface area contributed by atoms with E-state index in [0.29, 0.717) is 6.61 Å². The van der Waals surface area contributed by atoms with Gasteiger partial charge in [0.1, 0.15) is 0 Å². The Balaban J connectivity index is 2.22. The van der Waals surface area contributed by atoms with E-state index in [-0.39, 0.29) is 5.41 Å². The Hall–Kier alpha value is -0.120. The molecule has 0 spiro atoms. The van der Waals surface area contributed by atoms with Crippen LogP contribution in [0.2, 0.25) is 0 Å². The molecule has 3 heteroatoms. The molecule has 0 saturated carbocycles. The lowest BCUT2D eigenvalue weighted by atomic mass is 9.77. The van der Waals surface area contributed by atoms with Crippen molar-refractivity contribution < 1.29 is 9.84 Å². The second-order valence-corrected chi connectivity index (χ2v) is 4.27. The average Bonchev–Trinajstić information content (AvgIpc) is 2.26. The molecule has 1 heterocycles. The Labute approximate surface area is 86.8 Å². The van der Waals surface area contributed by atoms with Gasteiger partial charge in [0.25, 0.3) is 0 Å². The maximum absolute atomic E-state index is 9.41. The summed E-state index contributed by atoms with van der Waals surface area (Å²) < 4.78 is 5.48. The Morgan fingerprint density at radius 1 is 1.29 bits per heavy atom. The van der Waals surface area contributed by atoms with Crippen LogP contribution in [0.15, 0.2) is 0 Å². The van der Waals surface area contributed by atoms with Crippen molar-refractivity contribution in [1.29, 1.82) is 0 Å². The van der Waals surface area contributed by atoms with E-state index < -0.39 is 0 Å². The lowest BCUT2D eigenvalue weighted by Gasteiger charge is -2.35. The van der Waals surface area contributed by atoms with Crippen LogP contribution in [0.25, 0.3) is 0 Å². The van der Waals surface area contributed by atoms with Gasteiger partial charge in [-0.3, -0.25) is 0 Å². The number of aliphatic hydroxyl groups is 1. The predicted octanol–water partition coefficient (Wildman–Crippen LogP) is 1.17. The van der Waals surface area contributed by atoms with Crippen LogP contribution in [0.5, 0.6) is 0 Å². The van der Waals surface area contributed by atoms with Gasteiger partial charge in [-0.25, -0.2) is 0 Å². The lowest BCUT2D eigenvalue weighted by Crippen LogP contribution is -2.39. The summed E-state index contributed by atoms with van der Waals surface area (Å²) >= 11 is 0. The highest BCUT2D eigenvalue weighted by Crippen LogP contribution is 2.31. The first kappa shape index (κ1) is 12.0.